The number of pyridine rings is 1. The zero-order chi connectivity index (χ0) is 32.0. The Labute approximate surface area is 251 Å². The summed E-state index contributed by atoms with van der Waals surface area (Å²) in [5.41, 5.74) is 3.39. The SMILES string of the molecule is CC(C)(C)OC(=O)N1CCC1C1c2cccnc2N(c2ccc(OC(F)(F)F)cc2)N1NC(=O)CO[Si](C)(C)C(C)(C)C. The molecule has 10 nitrogen and oxygen atoms in total. The zero-order valence-electron chi connectivity index (χ0n) is 25.8. The molecule has 0 aliphatic carbocycles. The van der Waals surface area contributed by atoms with Crippen molar-refractivity contribution in [2.75, 3.05) is 18.2 Å². The minimum atomic E-state index is -4.84. The molecule has 0 saturated carbocycles. The van der Waals surface area contributed by atoms with Crippen LogP contribution in [-0.4, -0.2) is 66.5 Å². The van der Waals surface area contributed by atoms with E-state index in [2.05, 4.69) is 35.9 Å². The summed E-state index contributed by atoms with van der Waals surface area (Å²) in [4.78, 5) is 32.7. The zero-order valence-corrected chi connectivity index (χ0v) is 26.8. The molecule has 2 aromatic rings. The first kappa shape index (κ1) is 32.5. The average Bonchev–Trinajstić information content (AvgIpc) is 3.13. The number of amides is 2. The largest absolute Gasteiger partial charge is 0.573 e. The number of carbonyl (C=O) groups is 2. The minimum absolute atomic E-state index is 0.115. The molecule has 2 atom stereocenters. The fourth-order valence-electron chi connectivity index (χ4n) is 4.61. The topological polar surface area (TPSA) is 96.5 Å². The molecule has 14 heteroatoms. The Hall–Kier alpha value is -3.36. The number of ether oxygens (including phenoxy) is 2. The Kier molecular flexibility index (Phi) is 8.79. The van der Waals surface area contributed by atoms with Crippen LogP contribution in [0.3, 0.4) is 0 Å². The smallest absolute Gasteiger partial charge is 0.444 e. The molecule has 2 unspecified atom stereocenters. The maximum absolute atomic E-state index is 13.4. The van der Waals surface area contributed by atoms with Crippen LogP contribution >= 0.6 is 0 Å². The molecule has 0 bridgehead atoms. The molecule has 236 valence electrons. The van der Waals surface area contributed by atoms with Crippen LogP contribution in [0.2, 0.25) is 18.1 Å². The second-order valence-electron chi connectivity index (χ2n) is 13.2. The lowest BCUT2D eigenvalue weighted by molar-refractivity contribution is -0.274. The van der Waals surface area contributed by atoms with E-state index in [-0.39, 0.29) is 17.4 Å². The Bertz CT molecular complexity index is 1330. The summed E-state index contributed by atoms with van der Waals surface area (Å²) in [6, 6.07) is 7.91. The molecule has 2 aliphatic rings. The second kappa shape index (κ2) is 11.6. The summed E-state index contributed by atoms with van der Waals surface area (Å²) in [6.45, 7) is 15.9. The number of hydrogen-bond acceptors (Lipinski definition) is 8. The molecule has 1 saturated heterocycles. The van der Waals surface area contributed by atoms with Crippen molar-refractivity contribution in [3.8, 4) is 5.75 Å². The Balaban J connectivity index is 1.69. The van der Waals surface area contributed by atoms with Gasteiger partial charge in [0.1, 0.15) is 18.0 Å². The van der Waals surface area contributed by atoms with Crippen LogP contribution in [0.25, 0.3) is 0 Å². The fraction of sp³-hybridized carbons (Fsp3) is 0.552. The summed E-state index contributed by atoms with van der Waals surface area (Å²) in [5, 5.41) is 3.08. The number of hydrogen-bond donors (Lipinski definition) is 1. The van der Waals surface area contributed by atoms with Crippen molar-refractivity contribution in [1.82, 2.24) is 20.4 Å². The third-order valence-electron chi connectivity index (χ3n) is 7.80. The van der Waals surface area contributed by atoms with Gasteiger partial charge in [0, 0.05) is 18.3 Å². The quantitative estimate of drug-likeness (QED) is 0.352. The number of nitrogens with one attached hydrogen (secondary N) is 1. The molecular weight excluding hydrogens is 583 g/mol. The highest BCUT2D eigenvalue weighted by atomic mass is 28.4. The van der Waals surface area contributed by atoms with Gasteiger partial charge in [0.05, 0.1) is 17.8 Å². The van der Waals surface area contributed by atoms with Crippen molar-refractivity contribution in [2.45, 2.75) is 90.1 Å². The number of likely N-dealkylation sites (tertiary alicyclic amines) is 1. The minimum Gasteiger partial charge on any atom is -0.444 e. The summed E-state index contributed by atoms with van der Waals surface area (Å²) >= 11 is 0. The number of benzene rings is 1. The van der Waals surface area contributed by atoms with E-state index in [0.29, 0.717) is 24.5 Å². The van der Waals surface area contributed by atoms with Gasteiger partial charge in [0.2, 0.25) is 0 Å². The van der Waals surface area contributed by atoms with Gasteiger partial charge >= 0.3 is 12.5 Å². The van der Waals surface area contributed by atoms with Gasteiger partial charge in [-0.2, -0.15) is 0 Å². The van der Waals surface area contributed by atoms with Crippen molar-refractivity contribution < 1.29 is 36.7 Å². The van der Waals surface area contributed by atoms with Gasteiger partial charge in [-0.15, -0.1) is 18.3 Å². The highest BCUT2D eigenvalue weighted by Gasteiger charge is 2.51. The van der Waals surface area contributed by atoms with Crippen LogP contribution in [-0.2, 0) is 14.0 Å². The second-order valence-corrected chi connectivity index (χ2v) is 18.0. The van der Waals surface area contributed by atoms with Crippen molar-refractivity contribution in [1.29, 1.82) is 0 Å². The molecule has 43 heavy (non-hydrogen) atoms. The molecule has 0 radical (unpaired) electrons. The maximum atomic E-state index is 13.4. The normalized spacial score (nSPS) is 19.5. The number of carbonyl (C=O) groups excluding carboxylic acids is 2. The first-order valence-corrected chi connectivity index (χ1v) is 17.0. The van der Waals surface area contributed by atoms with E-state index in [9.17, 15) is 22.8 Å². The molecule has 2 aliphatic heterocycles. The monoisotopic (exact) mass is 623 g/mol. The molecule has 0 spiro atoms. The van der Waals surface area contributed by atoms with Crippen LogP contribution in [0.4, 0.5) is 29.5 Å². The lowest BCUT2D eigenvalue weighted by Crippen LogP contribution is -2.61. The van der Waals surface area contributed by atoms with Gasteiger partial charge in [-0.05, 0) is 75.7 Å². The van der Waals surface area contributed by atoms with Crippen molar-refractivity contribution in [3.05, 3.63) is 48.2 Å². The Morgan fingerprint density at radius 3 is 2.23 bits per heavy atom. The maximum Gasteiger partial charge on any atom is 0.573 e. The summed E-state index contributed by atoms with van der Waals surface area (Å²) < 4.78 is 54.3. The van der Waals surface area contributed by atoms with Gasteiger partial charge < -0.3 is 18.8 Å². The third kappa shape index (κ3) is 7.41. The van der Waals surface area contributed by atoms with E-state index < -0.39 is 44.4 Å². The number of fused-ring (bicyclic) bond motifs is 1. The van der Waals surface area contributed by atoms with E-state index in [4.69, 9.17) is 9.16 Å². The molecule has 4 rings (SSSR count). The number of aromatic nitrogens is 1. The first-order valence-electron chi connectivity index (χ1n) is 14.1. The molecule has 2 amide bonds. The summed E-state index contributed by atoms with van der Waals surface area (Å²) in [5.74, 6) is -0.354. The molecule has 1 N–H and O–H groups in total. The standard InChI is InChI=1S/C29H40F3N5O5Si/c1-27(2,3)42-26(39)35-17-15-22(35)24-21-10-9-16-33-25(21)36(19-11-13-20(14-12-19)41-29(30,31)32)37(24)34-23(38)18-40-43(7,8)28(4,5)6/h9-14,16,22,24H,15,17-18H2,1-8H3,(H,34,38). The van der Waals surface area contributed by atoms with Crippen molar-refractivity contribution in [3.63, 3.8) is 0 Å². The predicted molar refractivity (Wildman–Crippen MR) is 157 cm³/mol. The van der Waals surface area contributed by atoms with E-state index in [0.717, 1.165) is 5.56 Å². The predicted octanol–water partition coefficient (Wildman–Crippen LogP) is 6.45. The van der Waals surface area contributed by atoms with Gasteiger partial charge in [0.25, 0.3) is 5.91 Å². The number of nitrogens with zero attached hydrogens (tertiary/aromatic N) is 4. The van der Waals surface area contributed by atoms with Crippen LogP contribution in [0.1, 0.15) is 59.6 Å². The number of halogens is 3. The summed E-state index contributed by atoms with van der Waals surface area (Å²) in [6.07, 6.45) is -3.11. The highest BCUT2D eigenvalue weighted by molar-refractivity contribution is 6.74. The van der Waals surface area contributed by atoms with Crippen LogP contribution in [0.5, 0.6) is 5.75 Å². The van der Waals surface area contributed by atoms with Crippen LogP contribution in [0.15, 0.2) is 42.6 Å². The number of anilines is 2. The lowest BCUT2D eigenvalue weighted by Gasteiger charge is -2.47. The van der Waals surface area contributed by atoms with Gasteiger partial charge in [0.15, 0.2) is 14.1 Å². The van der Waals surface area contributed by atoms with Gasteiger partial charge in [-0.25, -0.2) is 14.8 Å². The molecule has 1 aromatic carbocycles. The molecule has 1 fully saturated rings. The van der Waals surface area contributed by atoms with Crippen molar-refractivity contribution in [2.24, 2.45) is 0 Å². The van der Waals surface area contributed by atoms with E-state index in [1.807, 2.05) is 19.2 Å². The fourth-order valence-corrected chi connectivity index (χ4v) is 5.53. The first-order chi connectivity index (χ1) is 19.8. The number of hydrazine groups is 2. The van der Waals surface area contributed by atoms with Crippen LogP contribution < -0.4 is 15.2 Å². The third-order valence-corrected chi connectivity index (χ3v) is 12.3. The van der Waals surface area contributed by atoms with Gasteiger partial charge in [-0.1, -0.05) is 26.8 Å². The Morgan fingerprint density at radius 1 is 1.05 bits per heavy atom. The molecular formula is C29H40F3N5O5Si. The van der Waals surface area contributed by atoms with Crippen LogP contribution in [0, 0.1) is 0 Å². The average molecular weight is 624 g/mol. The van der Waals surface area contributed by atoms with E-state index in [1.165, 1.54) is 24.3 Å². The summed E-state index contributed by atoms with van der Waals surface area (Å²) in [7, 11) is -2.26. The number of rotatable bonds is 7. The molecule has 3 heterocycles. The lowest BCUT2D eigenvalue weighted by atomic mass is 9.91. The van der Waals surface area contributed by atoms with E-state index >= 15 is 0 Å². The molecule has 1 aromatic heterocycles. The number of alkyl halides is 3. The van der Waals surface area contributed by atoms with E-state index in [1.54, 1.807) is 48.1 Å². The van der Waals surface area contributed by atoms with Gasteiger partial charge in [-0.3, -0.25) is 10.2 Å². The van der Waals surface area contributed by atoms with Crippen molar-refractivity contribution >= 4 is 31.8 Å². The highest BCUT2D eigenvalue weighted by Crippen LogP contribution is 2.47. The Morgan fingerprint density at radius 2 is 1.70 bits per heavy atom.